The Morgan fingerprint density at radius 1 is 0.923 bits per heavy atom. The van der Waals surface area contributed by atoms with Crippen molar-refractivity contribution in [2.45, 2.75) is 76.6 Å². The van der Waals surface area contributed by atoms with Gasteiger partial charge < -0.3 is 30.2 Å². The van der Waals surface area contributed by atoms with Crippen molar-refractivity contribution in [3.05, 3.63) is 76.9 Å². The van der Waals surface area contributed by atoms with Crippen LogP contribution in [0.3, 0.4) is 0 Å². The van der Waals surface area contributed by atoms with E-state index in [4.69, 9.17) is 21.1 Å². The summed E-state index contributed by atoms with van der Waals surface area (Å²) in [4.78, 5) is 69.4. The van der Waals surface area contributed by atoms with E-state index in [0.717, 1.165) is 16.8 Å². The van der Waals surface area contributed by atoms with Crippen LogP contribution in [0.15, 0.2) is 59.6 Å². The van der Waals surface area contributed by atoms with E-state index in [-0.39, 0.29) is 49.2 Å². The van der Waals surface area contributed by atoms with Crippen LogP contribution in [0, 0.1) is 0 Å². The third kappa shape index (κ3) is 9.07. The standard InChI is InChI=1S/C38H42ClN5O8/c1-22(41-34(45)11-7-8-12-35(46)51-4)36(47)42-23(2)37(48)43-27-14-24(19-39)13-25(15-27)21-52-33-18-30-29(17-32(33)50-3)38(49)44-28(20-40-30)16-26-9-5-6-10-31(26)44/h5-6,9-10,13-15,17-18,20,22-23,28H,7-8,11-12,16,19,21H2,1-4H3,(H,41,45)(H,42,47)(H,43,48)/t22-,23?,28-/m0/s1. The van der Waals surface area contributed by atoms with Crippen LogP contribution in [-0.2, 0) is 42.8 Å². The summed E-state index contributed by atoms with van der Waals surface area (Å²) in [7, 11) is 2.80. The number of aliphatic imine (C=N–C) groups is 1. The average molecular weight is 732 g/mol. The molecule has 0 bridgehead atoms. The fourth-order valence-corrected chi connectivity index (χ4v) is 6.19. The number of esters is 1. The Morgan fingerprint density at radius 2 is 1.65 bits per heavy atom. The highest BCUT2D eigenvalue weighted by Crippen LogP contribution is 2.41. The van der Waals surface area contributed by atoms with Gasteiger partial charge >= 0.3 is 5.97 Å². The number of benzene rings is 3. The predicted molar refractivity (Wildman–Crippen MR) is 197 cm³/mol. The molecule has 0 spiro atoms. The number of anilines is 2. The summed E-state index contributed by atoms with van der Waals surface area (Å²) in [6.45, 7) is 3.13. The number of fused-ring (bicyclic) bond motifs is 4. The van der Waals surface area contributed by atoms with Crippen molar-refractivity contribution in [3.63, 3.8) is 0 Å². The number of unbranched alkanes of at least 4 members (excludes halogenated alkanes) is 1. The van der Waals surface area contributed by atoms with Crippen LogP contribution in [0.2, 0.25) is 0 Å². The van der Waals surface area contributed by atoms with Crippen molar-refractivity contribution >= 4 is 64.5 Å². The zero-order chi connectivity index (χ0) is 37.4. The summed E-state index contributed by atoms with van der Waals surface area (Å²) < 4.78 is 16.4. The molecule has 52 heavy (non-hydrogen) atoms. The number of methoxy groups -OCH3 is 2. The van der Waals surface area contributed by atoms with E-state index in [0.29, 0.717) is 53.3 Å². The number of rotatable bonds is 15. The molecule has 0 aliphatic carbocycles. The Bertz CT molecular complexity index is 1880. The summed E-state index contributed by atoms with van der Waals surface area (Å²) in [5.74, 6) is -0.944. The summed E-state index contributed by atoms with van der Waals surface area (Å²) in [6, 6.07) is 14.5. The monoisotopic (exact) mass is 731 g/mol. The molecule has 13 nitrogen and oxygen atoms in total. The Hall–Kier alpha value is -5.43. The van der Waals surface area contributed by atoms with E-state index >= 15 is 0 Å². The molecule has 3 aromatic carbocycles. The van der Waals surface area contributed by atoms with Crippen molar-refractivity contribution in [3.8, 4) is 11.5 Å². The second-order valence-corrected chi connectivity index (χ2v) is 12.9. The van der Waals surface area contributed by atoms with Crippen LogP contribution < -0.4 is 30.3 Å². The highest BCUT2D eigenvalue weighted by molar-refractivity contribution is 6.17. The van der Waals surface area contributed by atoms with Gasteiger partial charge in [0.2, 0.25) is 17.7 Å². The molecule has 3 aromatic rings. The molecule has 4 amide bonds. The first-order chi connectivity index (χ1) is 25.0. The maximum absolute atomic E-state index is 13.7. The first-order valence-corrected chi connectivity index (χ1v) is 17.5. The van der Waals surface area contributed by atoms with E-state index in [9.17, 15) is 24.0 Å². The number of carbonyl (C=O) groups is 5. The second-order valence-electron chi connectivity index (χ2n) is 12.6. The van der Waals surface area contributed by atoms with Gasteiger partial charge in [-0.25, -0.2) is 0 Å². The summed E-state index contributed by atoms with van der Waals surface area (Å²) in [5, 5.41) is 8.03. The lowest BCUT2D eigenvalue weighted by atomic mass is 10.1. The zero-order valence-electron chi connectivity index (χ0n) is 29.5. The number of para-hydroxylation sites is 1. The quantitative estimate of drug-likeness (QED) is 0.112. The minimum absolute atomic E-state index is 0.0781. The molecule has 3 N–H and O–H groups in total. The highest BCUT2D eigenvalue weighted by atomic mass is 35.5. The third-order valence-electron chi connectivity index (χ3n) is 8.78. The van der Waals surface area contributed by atoms with Crippen LogP contribution in [-0.4, -0.2) is 68.2 Å². The smallest absolute Gasteiger partial charge is 0.305 e. The third-order valence-corrected chi connectivity index (χ3v) is 9.09. The Kier molecular flexibility index (Phi) is 12.5. The highest BCUT2D eigenvalue weighted by Gasteiger charge is 2.36. The topological polar surface area (TPSA) is 165 Å². The summed E-state index contributed by atoms with van der Waals surface area (Å²) in [5.41, 5.74) is 4.70. The molecule has 0 fully saturated rings. The number of amides is 4. The number of ether oxygens (including phenoxy) is 3. The average Bonchev–Trinajstić information content (AvgIpc) is 3.46. The van der Waals surface area contributed by atoms with Crippen molar-refractivity contribution < 1.29 is 38.2 Å². The van der Waals surface area contributed by atoms with Crippen molar-refractivity contribution in [1.29, 1.82) is 0 Å². The summed E-state index contributed by atoms with van der Waals surface area (Å²) in [6.07, 6.45) is 3.79. The Labute approximate surface area is 307 Å². The number of hydrogen-bond acceptors (Lipinski definition) is 9. The van der Waals surface area contributed by atoms with E-state index in [1.54, 1.807) is 35.4 Å². The Balaban J connectivity index is 1.19. The second kappa shape index (κ2) is 17.2. The van der Waals surface area contributed by atoms with Gasteiger partial charge in [-0.05, 0) is 67.6 Å². The fraction of sp³-hybridized carbons (Fsp3) is 0.368. The van der Waals surface area contributed by atoms with Crippen LogP contribution in [0.4, 0.5) is 17.1 Å². The number of halogens is 1. The van der Waals surface area contributed by atoms with Crippen LogP contribution >= 0.6 is 11.6 Å². The van der Waals surface area contributed by atoms with Crippen LogP contribution in [0.5, 0.6) is 11.5 Å². The minimum Gasteiger partial charge on any atom is -0.493 e. The summed E-state index contributed by atoms with van der Waals surface area (Å²) >= 11 is 6.18. The molecule has 2 aliphatic heterocycles. The van der Waals surface area contributed by atoms with Gasteiger partial charge in [-0.2, -0.15) is 0 Å². The Morgan fingerprint density at radius 3 is 2.40 bits per heavy atom. The lowest BCUT2D eigenvalue weighted by Gasteiger charge is -2.22. The lowest BCUT2D eigenvalue weighted by Crippen LogP contribution is -2.50. The number of nitrogens with zero attached hydrogens (tertiary/aromatic N) is 2. The van der Waals surface area contributed by atoms with Gasteiger partial charge in [0.1, 0.15) is 18.7 Å². The molecule has 5 rings (SSSR count). The van der Waals surface area contributed by atoms with E-state index in [2.05, 4.69) is 25.7 Å². The van der Waals surface area contributed by atoms with E-state index in [1.165, 1.54) is 28.1 Å². The first-order valence-electron chi connectivity index (χ1n) is 17.0. The van der Waals surface area contributed by atoms with Gasteiger partial charge in [0.25, 0.3) is 5.91 Å². The molecule has 14 heteroatoms. The SMILES string of the molecule is COC(=O)CCCCC(=O)N[C@@H](C)C(=O)NC(C)C(=O)Nc1cc(CCl)cc(COc2cc3c(cc2OC)C(=O)N2c4ccccc4C[C@H]2C=N3)c1. The van der Waals surface area contributed by atoms with Crippen molar-refractivity contribution in [1.82, 2.24) is 10.6 Å². The van der Waals surface area contributed by atoms with E-state index < -0.39 is 23.9 Å². The molecule has 274 valence electrons. The fourth-order valence-electron chi connectivity index (χ4n) is 6.04. The predicted octanol–water partition coefficient (Wildman–Crippen LogP) is 4.98. The molecular formula is C38H42ClN5O8. The maximum atomic E-state index is 13.7. The molecule has 0 radical (unpaired) electrons. The van der Waals surface area contributed by atoms with Gasteiger partial charge in [0.15, 0.2) is 11.5 Å². The van der Waals surface area contributed by atoms with Crippen molar-refractivity contribution in [2.75, 3.05) is 24.4 Å². The normalized spacial score (nSPS) is 15.3. The van der Waals surface area contributed by atoms with Crippen LogP contribution in [0.25, 0.3) is 0 Å². The minimum atomic E-state index is -0.928. The van der Waals surface area contributed by atoms with E-state index in [1.807, 2.05) is 30.3 Å². The van der Waals surface area contributed by atoms with Gasteiger partial charge in [0.05, 0.1) is 31.5 Å². The first kappa shape index (κ1) is 37.8. The van der Waals surface area contributed by atoms with Crippen molar-refractivity contribution in [2.24, 2.45) is 4.99 Å². The molecule has 0 aromatic heterocycles. The number of carbonyl (C=O) groups excluding carboxylic acids is 5. The molecule has 3 atom stereocenters. The van der Waals surface area contributed by atoms with Gasteiger partial charge in [-0.15, -0.1) is 11.6 Å². The maximum Gasteiger partial charge on any atom is 0.305 e. The van der Waals surface area contributed by atoms with Gasteiger partial charge in [-0.1, -0.05) is 24.3 Å². The van der Waals surface area contributed by atoms with Gasteiger partial charge in [-0.3, -0.25) is 33.9 Å². The molecule has 1 unspecified atom stereocenters. The molecule has 0 saturated heterocycles. The molecule has 2 heterocycles. The number of alkyl halides is 1. The van der Waals surface area contributed by atoms with Gasteiger partial charge in [0, 0.05) is 48.8 Å². The molecular weight excluding hydrogens is 690 g/mol. The lowest BCUT2D eigenvalue weighted by molar-refractivity contribution is -0.140. The molecule has 2 aliphatic rings. The number of hydrogen-bond donors (Lipinski definition) is 3. The number of nitrogens with one attached hydrogen (secondary N) is 3. The largest absolute Gasteiger partial charge is 0.493 e. The van der Waals surface area contributed by atoms with Crippen LogP contribution in [0.1, 0.15) is 66.6 Å². The molecule has 0 saturated carbocycles. The zero-order valence-corrected chi connectivity index (χ0v) is 30.2.